The lowest BCUT2D eigenvalue weighted by Gasteiger charge is -2.34. The van der Waals surface area contributed by atoms with E-state index in [9.17, 15) is 14.9 Å². The third-order valence-corrected chi connectivity index (χ3v) is 3.63. The van der Waals surface area contributed by atoms with Crippen LogP contribution in [-0.4, -0.2) is 47.6 Å². The standard InChI is InChI=1S/C14H19N3O4/c1-9-4-3-5-11(17(19)20)13(9)14(18)16-6-7-21-12(8-16)10(2)15/h3-5,10,12H,6-8,15H2,1-2H3. The van der Waals surface area contributed by atoms with Crippen molar-refractivity contribution in [2.24, 2.45) is 5.73 Å². The molecule has 114 valence electrons. The molecule has 0 spiro atoms. The Morgan fingerprint density at radius 3 is 2.90 bits per heavy atom. The summed E-state index contributed by atoms with van der Waals surface area (Å²) in [6, 6.07) is 4.43. The van der Waals surface area contributed by atoms with Gasteiger partial charge in [-0.1, -0.05) is 12.1 Å². The van der Waals surface area contributed by atoms with Gasteiger partial charge >= 0.3 is 0 Å². The highest BCUT2D eigenvalue weighted by atomic mass is 16.6. The number of nitrogens with zero attached hydrogens (tertiary/aromatic N) is 2. The molecule has 1 heterocycles. The van der Waals surface area contributed by atoms with Gasteiger partial charge in [0.2, 0.25) is 0 Å². The van der Waals surface area contributed by atoms with E-state index in [-0.39, 0.29) is 29.3 Å². The van der Waals surface area contributed by atoms with Crippen LogP contribution in [0.1, 0.15) is 22.8 Å². The molecule has 1 aliphatic heterocycles. The van der Waals surface area contributed by atoms with Crippen LogP contribution in [0.2, 0.25) is 0 Å². The lowest BCUT2D eigenvalue weighted by Crippen LogP contribution is -2.51. The average Bonchev–Trinajstić information content (AvgIpc) is 2.46. The third-order valence-electron chi connectivity index (χ3n) is 3.63. The topological polar surface area (TPSA) is 98.7 Å². The number of nitro benzene ring substituents is 1. The first kappa shape index (κ1) is 15.4. The Kier molecular flexibility index (Phi) is 4.54. The summed E-state index contributed by atoms with van der Waals surface area (Å²) in [4.78, 5) is 24.8. The lowest BCUT2D eigenvalue weighted by molar-refractivity contribution is -0.385. The number of ether oxygens (including phenoxy) is 1. The maximum Gasteiger partial charge on any atom is 0.282 e. The largest absolute Gasteiger partial charge is 0.373 e. The van der Waals surface area contributed by atoms with Crippen LogP contribution in [0, 0.1) is 17.0 Å². The number of hydrogen-bond acceptors (Lipinski definition) is 5. The Labute approximate surface area is 122 Å². The second kappa shape index (κ2) is 6.19. The molecule has 1 amide bonds. The number of carbonyl (C=O) groups excluding carboxylic acids is 1. The molecule has 21 heavy (non-hydrogen) atoms. The highest BCUT2D eigenvalue weighted by Gasteiger charge is 2.31. The van der Waals surface area contributed by atoms with Crippen LogP contribution in [0.5, 0.6) is 0 Å². The van der Waals surface area contributed by atoms with Gasteiger partial charge in [-0.05, 0) is 19.4 Å². The van der Waals surface area contributed by atoms with E-state index >= 15 is 0 Å². The summed E-state index contributed by atoms with van der Waals surface area (Å²) in [5.74, 6) is -0.339. The first-order valence-corrected chi connectivity index (χ1v) is 6.82. The number of morpholine rings is 1. The molecule has 2 unspecified atom stereocenters. The third kappa shape index (κ3) is 3.20. The molecular formula is C14H19N3O4. The molecule has 0 saturated carbocycles. The van der Waals surface area contributed by atoms with E-state index < -0.39 is 4.92 Å². The second-order valence-corrected chi connectivity index (χ2v) is 5.25. The number of nitrogens with two attached hydrogens (primary N) is 1. The second-order valence-electron chi connectivity index (χ2n) is 5.25. The lowest BCUT2D eigenvalue weighted by atomic mass is 10.0. The fourth-order valence-corrected chi connectivity index (χ4v) is 2.42. The van der Waals surface area contributed by atoms with Crippen molar-refractivity contribution in [3.63, 3.8) is 0 Å². The van der Waals surface area contributed by atoms with Crippen LogP contribution < -0.4 is 5.73 Å². The summed E-state index contributed by atoms with van der Waals surface area (Å²) in [6.45, 7) is 4.66. The van der Waals surface area contributed by atoms with Gasteiger partial charge in [-0.3, -0.25) is 14.9 Å². The zero-order chi connectivity index (χ0) is 15.6. The van der Waals surface area contributed by atoms with Crippen LogP contribution in [0.4, 0.5) is 5.69 Å². The number of hydrogen-bond donors (Lipinski definition) is 1. The van der Waals surface area contributed by atoms with E-state index in [1.54, 1.807) is 24.0 Å². The van der Waals surface area contributed by atoms with Gasteiger partial charge in [-0.2, -0.15) is 0 Å². The van der Waals surface area contributed by atoms with Crippen LogP contribution >= 0.6 is 0 Å². The van der Waals surface area contributed by atoms with Gasteiger partial charge in [0.1, 0.15) is 5.56 Å². The zero-order valence-electron chi connectivity index (χ0n) is 12.1. The molecule has 0 aromatic heterocycles. The average molecular weight is 293 g/mol. The molecule has 1 aromatic rings. The molecule has 0 aliphatic carbocycles. The molecule has 2 rings (SSSR count). The Morgan fingerprint density at radius 1 is 1.57 bits per heavy atom. The number of benzene rings is 1. The van der Waals surface area contributed by atoms with Gasteiger partial charge in [0.05, 0.1) is 17.6 Å². The maximum absolute atomic E-state index is 12.6. The minimum atomic E-state index is -0.524. The molecular weight excluding hydrogens is 274 g/mol. The first-order valence-electron chi connectivity index (χ1n) is 6.82. The summed E-state index contributed by atoms with van der Waals surface area (Å²) in [6.07, 6.45) is -0.245. The van der Waals surface area contributed by atoms with E-state index in [1.807, 2.05) is 6.92 Å². The van der Waals surface area contributed by atoms with Crippen molar-refractivity contribution in [1.29, 1.82) is 0 Å². The minimum Gasteiger partial charge on any atom is -0.373 e. The fraction of sp³-hybridized carbons (Fsp3) is 0.500. The highest BCUT2D eigenvalue weighted by Crippen LogP contribution is 2.24. The van der Waals surface area contributed by atoms with Gasteiger partial charge < -0.3 is 15.4 Å². The molecule has 0 bridgehead atoms. The summed E-state index contributed by atoms with van der Waals surface area (Å²) < 4.78 is 5.51. The summed E-state index contributed by atoms with van der Waals surface area (Å²) in [5.41, 5.74) is 6.38. The molecule has 7 heteroatoms. The van der Waals surface area contributed by atoms with E-state index in [0.29, 0.717) is 25.3 Å². The molecule has 1 aliphatic rings. The molecule has 2 atom stereocenters. The Balaban J connectivity index is 2.30. The molecule has 0 radical (unpaired) electrons. The smallest absolute Gasteiger partial charge is 0.282 e. The highest BCUT2D eigenvalue weighted by molar-refractivity contribution is 5.99. The van der Waals surface area contributed by atoms with Crippen LogP contribution in [0.3, 0.4) is 0 Å². The number of amides is 1. The molecule has 1 saturated heterocycles. The van der Waals surface area contributed by atoms with Gasteiger partial charge in [0, 0.05) is 25.2 Å². The maximum atomic E-state index is 12.6. The molecule has 2 N–H and O–H groups in total. The van der Waals surface area contributed by atoms with E-state index in [1.165, 1.54) is 6.07 Å². The SMILES string of the molecule is Cc1cccc([N+](=O)[O-])c1C(=O)N1CCOC(C(C)N)C1. The monoisotopic (exact) mass is 293 g/mol. The summed E-state index contributed by atoms with van der Waals surface area (Å²) in [7, 11) is 0. The minimum absolute atomic E-state index is 0.146. The number of rotatable bonds is 3. The predicted molar refractivity (Wildman–Crippen MR) is 77.1 cm³/mol. The van der Waals surface area contributed by atoms with Gasteiger partial charge in [-0.15, -0.1) is 0 Å². The van der Waals surface area contributed by atoms with Gasteiger partial charge in [0.15, 0.2) is 0 Å². The van der Waals surface area contributed by atoms with Crippen molar-refractivity contribution < 1.29 is 14.5 Å². The van der Waals surface area contributed by atoms with E-state index in [0.717, 1.165) is 0 Å². The van der Waals surface area contributed by atoms with Crippen molar-refractivity contribution in [2.75, 3.05) is 19.7 Å². The van der Waals surface area contributed by atoms with Crippen molar-refractivity contribution in [1.82, 2.24) is 4.90 Å². The van der Waals surface area contributed by atoms with Crippen LogP contribution in [0.25, 0.3) is 0 Å². The van der Waals surface area contributed by atoms with Gasteiger partial charge in [0.25, 0.3) is 11.6 Å². The number of nitro groups is 1. The van der Waals surface area contributed by atoms with Crippen molar-refractivity contribution in [3.8, 4) is 0 Å². The fourth-order valence-electron chi connectivity index (χ4n) is 2.42. The molecule has 1 aromatic carbocycles. The number of aryl methyl sites for hydroxylation is 1. The van der Waals surface area contributed by atoms with Gasteiger partial charge in [-0.25, -0.2) is 0 Å². The van der Waals surface area contributed by atoms with Crippen molar-refractivity contribution in [2.45, 2.75) is 26.0 Å². The molecule has 7 nitrogen and oxygen atoms in total. The normalized spacial score (nSPS) is 20.1. The number of carbonyl (C=O) groups is 1. The van der Waals surface area contributed by atoms with Crippen LogP contribution in [0.15, 0.2) is 18.2 Å². The quantitative estimate of drug-likeness (QED) is 0.664. The van der Waals surface area contributed by atoms with E-state index in [2.05, 4.69) is 0 Å². The molecule has 1 fully saturated rings. The summed E-state index contributed by atoms with van der Waals surface area (Å²) >= 11 is 0. The Bertz CT molecular complexity index is 559. The predicted octanol–water partition coefficient (Wildman–Crippen LogP) is 1.09. The summed E-state index contributed by atoms with van der Waals surface area (Å²) in [5, 5.41) is 11.1. The Morgan fingerprint density at radius 2 is 2.29 bits per heavy atom. The Hall–Kier alpha value is -1.99. The van der Waals surface area contributed by atoms with Crippen LogP contribution in [-0.2, 0) is 4.74 Å². The van der Waals surface area contributed by atoms with Crippen molar-refractivity contribution in [3.05, 3.63) is 39.4 Å². The first-order chi connectivity index (χ1) is 9.91. The zero-order valence-corrected chi connectivity index (χ0v) is 12.1. The van der Waals surface area contributed by atoms with E-state index in [4.69, 9.17) is 10.5 Å². The van der Waals surface area contributed by atoms with Crippen molar-refractivity contribution >= 4 is 11.6 Å².